The molecule has 0 saturated carbocycles. The minimum Gasteiger partial charge on any atom is -0.325 e. The van der Waals surface area contributed by atoms with Crippen LogP contribution in [0.1, 0.15) is 13.3 Å². The van der Waals surface area contributed by atoms with E-state index in [0.717, 1.165) is 25.2 Å². The van der Waals surface area contributed by atoms with E-state index in [1.54, 1.807) is 0 Å². The van der Waals surface area contributed by atoms with Gasteiger partial charge in [0.2, 0.25) is 5.91 Å². The van der Waals surface area contributed by atoms with Crippen molar-refractivity contribution in [2.75, 3.05) is 39.0 Å². The van der Waals surface area contributed by atoms with Crippen LogP contribution in [0.4, 0.5) is 5.69 Å². The van der Waals surface area contributed by atoms with E-state index in [2.05, 4.69) is 36.1 Å². The van der Waals surface area contributed by atoms with Gasteiger partial charge in [0.15, 0.2) is 0 Å². The topological polar surface area (TPSA) is 35.6 Å². The first kappa shape index (κ1) is 15.0. The van der Waals surface area contributed by atoms with Gasteiger partial charge in [-0.2, -0.15) is 0 Å². The highest BCUT2D eigenvalue weighted by atomic mass is 16.2. The van der Waals surface area contributed by atoms with Crippen molar-refractivity contribution >= 4 is 11.6 Å². The van der Waals surface area contributed by atoms with Crippen molar-refractivity contribution in [3.05, 3.63) is 30.3 Å². The Morgan fingerprint density at radius 3 is 2.75 bits per heavy atom. The van der Waals surface area contributed by atoms with Crippen molar-refractivity contribution in [3.8, 4) is 0 Å². The molecule has 0 bridgehead atoms. The molecular formula is C16H25N3O. The molecule has 110 valence electrons. The van der Waals surface area contributed by atoms with Crippen molar-refractivity contribution in [2.24, 2.45) is 5.92 Å². The number of hydrogen-bond donors (Lipinski definition) is 1. The molecular weight excluding hydrogens is 250 g/mol. The summed E-state index contributed by atoms with van der Waals surface area (Å²) in [6.07, 6.45) is 1.13. The number of nitrogens with one attached hydrogen (secondary N) is 1. The number of rotatable bonds is 4. The van der Waals surface area contributed by atoms with Crippen LogP contribution in [-0.4, -0.2) is 55.5 Å². The molecule has 20 heavy (non-hydrogen) atoms. The van der Waals surface area contributed by atoms with E-state index in [-0.39, 0.29) is 5.91 Å². The first-order chi connectivity index (χ1) is 9.56. The Balaban J connectivity index is 1.84. The molecule has 1 aliphatic rings. The molecule has 1 aliphatic heterocycles. The third-order valence-electron chi connectivity index (χ3n) is 4.08. The van der Waals surface area contributed by atoms with Crippen molar-refractivity contribution < 1.29 is 4.79 Å². The molecule has 1 amide bonds. The number of carbonyl (C=O) groups is 1. The van der Waals surface area contributed by atoms with Crippen LogP contribution in [0.5, 0.6) is 0 Å². The Labute approximate surface area is 121 Å². The molecule has 1 heterocycles. The summed E-state index contributed by atoms with van der Waals surface area (Å²) >= 11 is 0. The maximum atomic E-state index is 12.1. The Hall–Kier alpha value is -1.39. The smallest absolute Gasteiger partial charge is 0.238 e. The summed E-state index contributed by atoms with van der Waals surface area (Å²) in [5.74, 6) is 0.660. The molecule has 0 spiro atoms. The third-order valence-corrected chi connectivity index (χ3v) is 4.08. The van der Waals surface area contributed by atoms with Crippen LogP contribution < -0.4 is 5.32 Å². The van der Waals surface area contributed by atoms with Gasteiger partial charge in [-0.1, -0.05) is 25.1 Å². The molecule has 1 saturated heterocycles. The van der Waals surface area contributed by atoms with Crippen LogP contribution in [0.3, 0.4) is 0 Å². The normalized spacial score (nSPS) is 23.8. The zero-order valence-corrected chi connectivity index (χ0v) is 12.7. The lowest BCUT2D eigenvalue weighted by molar-refractivity contribution is -0.118. The summed E-state index contributed by atoms with van der Waals surface area (Å²) in [5, 5.41) is 2.94. The zero-order chi connectivity index (χ0) is 14.5. The van der Waals surface area contributed by atoms with Crippen LogP contribution in [0, 0.1) is 5.92 Å². The molecule has 4 nitrogen and oxygen atoms in total. The second kappa shape index (κ2) is 6.86. The van der Waals surface area contributed by atoms with Gasteiger partial charge in [0.05, 0.1) is 6.54 Å². The van der Waals surface area contributed by atoms with Gasteiger partial charge in [0.1, 0.15) is 0 Å². The van der Waals surface area contributed by atoms with Gasteiger partial charge in [0.25, 0.3) is 0 Å². The zero-order valence-electron chi connectivity index (χ0n) is 12.7. The number of likely N-dealkylation sites (N-methyl/N-ethyl adjacent to an activating group) is 1. The highest BCUT2D eigenvalue weighted by Gasteiger charge is 2.28. The molecule has 4 heteroatoms. The van der Waals surface area contributed by atoms with Gasteiger partial charge in [-0.25, -0.2) is 0 Å². The molecule has 0 radical (unpaired) electrons. The molecule has 0 unspecified atom stereocenters. The van der Waals surface area contributed by atoms with E-state index in [9.17, 15) is 4.79 Å². The summed E-state index contributed by atoms with van der Waals surface area (Å²) < 4.78 is 0. The van der Waals surface area contributed by atoms with E-state index < -0.39 is 0 Å². The highest BCUT2D eigenvalue weighted by Crippen LogP contribution is 2.20. The minimum absolute atomic E-state index is 0.0600. The van der Waals surface area contributed by atoms with Gasteiger partial charge >= 0.3 is 0 Å². The van der Waals surface area contributed by atoms with Crippen molar-refractivity contribution in [2.45, 2.75) is 19.4 Å². The van der Waals surface area contributed by atoms with Gasteiger partial charge in [-0.15, -0.1) is 0 Å². The number of hydrogen-bond acceptors (Lipinski definition) is 3. The Bertz CT molecular complexity index is 435. The monoisotopic (exact) mass is 275 g/mol. The first-order valence-corrected chi connectivity index (χ1v) is 7.30. The fourth-order valence-electron chi connectivity index (χ4n) is 3.06. The van der Waals surface area contributed by atoms with Crippen molar-refractivity contribution in [1.82, 2.24) is 9.80 Å². The maximum absolute atomic E-state index is 12.1. The lowest BCUT2D eigenvalue weighted by atomic mass is 9.93. The average molecular weight is 275 g/mol. The first-order valence-electron chi connectivity index (χ1n) is 7.30. The highest BCUT2D eigenvalue weighted by molar-refractivity contribution is 5.92. The summed E-state index contributed by atoms with van der Waals surface area (Å²) in [7, 11) is 4.21. The summed E-state index contributed by atoms with van der Waals surface area (Å²) in [6.45, 7) is 4.94. The number of para-hydroxylation sites is 1. The van der Waals surface area contributed by atoms with Crippen molar-refractivity contribution in [1.29, 1.82) is 0 Å². The number of likely N-dealkylation sites (tertiary alicyclic amines) is 1. The molecule has 1 aromatic rings. The van der Waals surface area contributed by atoms with E-state index in [4.69, 9.17) is 0 Å². The number of nitrogens with zero attached hydrogens (tertiary/aromatic N) is 2. The second-order valence-electron chi connectivity index (χ2n) is 5.92. The molecule has 0 aliphatic carbocycles. The standard InChI is InChI=1S/C16H25N3O/c1-13-11-18(2)10-9-15(13)19(3)12-16(20)17-14-7-5-4-6-8-14/h4-8,13,15H,9-12H2,1-3H3,(H,17,20)/t13-,15-/m0/s1. The molecule has 1 N–H and O–H groups in total. The number of carbonyl (C=O) groups excluding carboxylic acids is 1. The summed E-state index contributed by atoms with van der Waals surface area (Å²) in [6, 6.07) is 10.1. The van der Waals surface area contributed by atoms with Crippen LogP contribution in [-0.2, 0) is 4.79 Å². The fourth-order valence-corrected chi connectivity index (χ4v) is 3.06. The Morgan fingerprint density at radius 1 is 1.40 bits per heavy atom. The number of piperidine rings is 1. The van der Waals surface area contributed by atoms with Crippen LogP contribution in [0.25, 0.3) is 0 Å². The van der Waals surface area contributed by atoms with Gasteiger partial charge in [-0.05, 0) is 45.1 Å². The average Bonchev–Trinajstić information content (AvgIpc) is 2.39. The Kier molecular flexibility index (Phi) is 5.15. The molecule has 1 aromatic carbocycles. The minimum atomic E-state index is 0.0600. The van der Waals surface area contributed by atoms with Gasteiger partial charge < -0.3 is 10.2 Å². The van der Waals surface area contributed by atoms with Gasteiger partial charge in [-0.3, -0.25) is 9.69 Å². The van der Waals surface area contributed by atoms with Crippen molar-refractivity contribution in [3.63, 3.8) is 0 Å². The second-order valence-corrected chi connectivity index (χ2v) is 5.92. The molecule has 0 aromatic heterocycles. The Morgan fingerprint density at radius 2 is 2.10 bits per heavy atom. The predicted molar refractivity (Wildman–Crippen MR) is 82.8 cm³/mol. The number of anilines is 1. The largest absolute Gasteiger partial charge is 0.325 e. The molecule has 1 fully saturated rings. The SMILES string of the molecule is C[C@H]1CN(C)CC[C@@H]1N(C)CC(=O)Nc1ccccc1. The maximum Gasteiger partial charge on any atom is 0.238 e. The van der Waals surface area contributed by atoms with Crippen LogP contribution in [0.15, 0.2) is 30.3 Å². The predicted octanol–water partition coefficient (Wildman–Crippen LogP) is 1.90. The van der Waals surface area contributed by atoms with E-state index in [0.29, 0.717) is 18.5 Å². The third kappa shape index (κ3) is 4.05. The summed E-state index contributed by atoms with van der Waals surface area (Å²) in [5.41, 5.74) is 0.863. The van der Waals surface area contributed by atoms with Crippen LogP contribution >= 0.6 is 0 Å². The lowest BCUT2D eigenvalue weighted by Crippen LogP contribution is -2.49. The lowest BCUT2D eigenvalue weighted by Gasteiger charge is -2.39. The summed E-state index contributed by atoms with van der Waals surface area (Å²) in [4.78, 5) is 16.6. The molecule has 2 rings (SSSR count). The van der Waals surface area contributed by atoms with E-state index >= 15 is 0 Å². The number of benzene rings is 1. The van der Waals surface area contributed by atoms with E-state index in [1.165, 1.54) is 0 Å². The van der Waals surface area contributed by atoms with Crippen LogP contribution in [0.2, 0.25) is 0 Å². The fraction of sp³-hybridized carbons (Fsp3) is 0.562. The van der Waals surface area contributed by atoms with Gasteiger partial charge in [0, 0.05) is 18.3 Å². The van der Waals surface area contributed by atoms with E-state index in [1.807, 2.05) is 30.3 Å². The molecule has 2 atom stereocenters. The quantitative estimate of drug-likeness (QED) is 0.911. The number of amides is 1.